The highest BCUT2D eigenvalue weighted by Crippen LogP contribution is 2.13. The molecule has 0 aliphatic rings. The summed E-state index contributed by atoms with van der Waals surface area (Å²) in [4.78, 5) is 38.1. The highest BCUT2D eigenvalue weighted by atomic mass is 16.6. The van der Waals surface area contributed by atoms with E-state index in [2.05, 4.69) is 124 Å². The number of rotatable bonds is 48. The molecule has 0 radical (unpaired) electrons. The van der Waals surface area contributed by atoms with Crippen LogP contribution in [-0.4, -0.2) is 37.2 Å². The molecule has 67 heavy (non-hydrogen) atoms. The maximum absolute atomic E-state index is 12.8. The van der Waals surface area contributed by atoms with Crippen molar-refractivity contribution in [1.29, 1.82) is 0 Å². The average Bonchev–Trinajstić information content (AvgIpc) is 3.33. The summed E-state index contributed by atoms with van der Waals surface area (Å²) >= 11 is 0. The average molecular weight is 929 g/mol. The smallest absolute Gasteiger partial charge is 0.306 e. The van der Waals surface area contributed by atoms with Gasteiger partial charge in [-0.1, -0.05) is 214 Å². The van der Waals surface area contributed by atoms with Gasteiger partial charge in [0.05, 0.1) is 0 Å². The first kappa shape index (κ1) is 63.1. The molecule has 0 heterocycles. The Morgan fingerprint density at radius 3 is 1.04 bits per heavy atom. The SMILES string of the molecule is CC/C=C/C/C=C/C/C=C/C/C=C/C/C=C/C/C=C/CCC(=O)OC[C@@H](COC(=O)CCCCCCCCC/C=C/CCCCCC)OC(=O)CCCCCCC/C=C/C/C=C/CCCCC. The number of carbonyl (C=O) groups excluding carboxylic acids is 3. The van der Waals surface area contributed by atoms with Gasteiger partial charge in [-0.05, 0) is 116 Å². The van der Waals surface area contributed by atoms with E-state index in [0.29, 0.717) is 19.3 Å². The van der Waals surface area contributed by atoms with Crippen LogP contribution >= 0.6 is 0 Å². The van der Waals surface area contributed by atoms with Gasteiger partial charge in [-0.25, -0.2) is 0 Å². The lowest BCUT2D eigenvalue weighted by atomic mass is 10.1. The van der Waals surface area contributed by atoms with Crippen molar-refractivity contribution in [2.24, 2.45) is 0 Å². The molecule has 6 heteroatoms. The topological polar surface area (TPSA) is 78.9 Å². The Morgan fingerprint density at radius 1 is 0.313 bits per heavy atom. The first-order chi connectivity index (χ1) is 33.0. The Morgan fingerprint density at radius 2 is 0.612 bits per heavy atom. The van der Waals surface area contributed by atoms with E-state index in [1.54, 1.807) is 0 Å². The Balaban J connectivity index is 4.54. The summed E-state index contributed by atoms with van der Waals surface area (Å²) in [6, 6.07) is 0. The standard InChI is InChI=1S/C61H100O6/c1-4-7-10-13-16-19-22-25-28-29-30-31-34-36-39-42-45-48-51-54-60(63)66-57-58(67-61(64)55-52-49-46-43-40-37-33-27-24-21-18-15-12-9-6-3)56-65-59(62)53-50-47-44-41-38-35-32-26-23-20-17-14-11-8-5-2/h7,10,16,18-21,23,25,27-28,30-31,33,36,39,45,48,58H,4-6,8-9,11-15,17,22,24,26,29,32,34-35,37-38,40-44,46-47,49-57H2,1-3H3/b10-7+,19-16+,21-18+,23-20+,28-25+,31-30+,33-27+,39-36+,48-45+/t58-/m1/s1. The van der Waals surface area contributed by atoms with E-state index >= 15 is 0 Å². The minimum Gasteiger partial charge on any atom is -0.462 e. The maximum Gasteiger partial charge on any atom is 0.306 e. The third kappa shape index (κ3) is 52.9. The van der Waals surface area contributed by atoms with Crippen LogP contribution in [0.15, 0.2) is 109 Å². The number of carbonyl (C=O) groups is 3. The van der Waals surface area contributed by atoms with Gasteiger partial charge in [0.25, 0.3) is 0 Å². The van der Waals surface area contributed by atoms with E-state index in [1.807, 2.05) is 6.08 Å². The van der Waals surface area contributed by atoms with Crippen LogP contribution in [0.25, 0.3) is 0 Å². The van der Waals surface area contributed by atoms with Crippen LogP contribution in [0.2, 0.25) is 0 Å². The van der Waals surface area contributed by atoms with Gasteiger partial charge < -0.3 is 14.2 Å². The first-order valence-corrected chi connectivity index (χ1v) is 27.4. The van der Waals surface area contributed by atoms with Crippen LogP contribution in [0, 0.1) is 0 Å². The third-order valence-electron chi connectivity index (χ3n) is 11.2. The van der Waals surface area contributed by atoms with Gasteiger partial charge >= 0.3 is 17.9 Å². The van der Waals surface area contributed by atoms with E-state index < -0.39 is 6.10 Å². The van der Waals surface area contributed by atoms with Gasteiger partial charge in [0.1, 0.15) is 13.2 Å². The summed E-state index contributed by atoms with van der Waals surface area (Å²) in [5.74, 6) is -1.02. The van der Waals surface area contributed by atoms with Gasteiger partial charge in [0.15, 0.2) is 6.10 Å². The van der Waals surface area contributed by atoms with Gasteiger partial charge in [-0.3, -0.25) is 14.4 Å². The Kier molecular flexibility index (Phi) is 51.5. The highest BCUT2D eigenvalue weighted by Gasteiger charge is 2.19. The number of allylic oxidation sites excluding steroid dienone is 18. The lowest BCUT2D eigenvalue weighted by Gasteiger charge is -2.18. The summed E-state index contributed by atoms with van der Waals surface area (Å²) in [5.41, 5.74) is 0. The van der Waals surface area contributed by atoms with E-state index in [9.17, 15) is 14.4 Å². The second kappa shape index (κ2) is 54.7. The second-order valence-electron chi connectivity index (χ2n) is 17.7. The third-order valence-corrected chi connectivity index (χ3v) is 11.2. The number of hydrogen-bond acceptors (Lipinski definition) is 6. The molecule has 0 unspecified atom stereocenters. The van der Waals surface area contributed by atoms with E-state index in [1.165, 1.54) is 89.9 Å². The summed E-state index contributed by atoms with van der Waals surface area (Å²) in [6.07, 6.45) is 73.7. The minimum atomic E-state index is -0.819. The molecule has 0 bridgehead atoms. The first-order valence-electron chi connectivity index (χ1n) is 27.4. The fourth-order valence-electron chi connectivity index (χ4n) is 7.14. The van der Waals surface area contributed by atoms with Crippen molar-refractivity contribution in [3.63, 3.8) is 0 Å². The molecular weight excluding hydrogens is 829 g/mol. The molecule has 0 aliphatic heterocycles. The summed E-state index contributed by atoms with van der Waals surface area (Å²) < 4.78 is 16.7. The molecule has 0 saturated heterocycles. The number of esters is 3. The fourth-order valence-corrected chi connectivity index (χ4v) is 7.14. The summed E-state index contributed by atoms with van der Waals surface area (Å²) in [7, 11) is 0. The van der Waals surface area contributed by atoms with Gasteiger partial charge in [0, 0.05) is 19.3 Å². The molecule has 0 aromatic carbocycles. The molecule has 0 spiro atoms. The molecule has 0 amide bonds. The maximum atomic E-state index is 12.8. The molecule has 0 rings (SSSR count). The normalized spacial score (nSPS) is 12.9. The molecule has 0 N–H and O–H groups in total. The zero-order valence-electron chi connectivity index (χ0n) is 43.4. The van der Waals surface area contributed by atoms with Gasteiger partial charge in [-0.2, -0.15) is 0 Å². The number of ether oxygens (including phenoxy) is 3. The second-order valence-corrected chi connectivity index (χ2v) is 17.7. The van der Waals surface area contributed by atoms with Gasteiger partial charge in [-0.15, -0.1) is 0 Å². The molecule has 0 aromatic rings. The molecule has 1 atom stereocenters. The van der Waals surface area contributed by atoms with Crippen LogP contribution in [0.3, 0.4) is 0 Å². The number of hydrogen-bond donors (Lipinski definition) is 0. The molecular formula is C61H100O6. The van der Waals surface area contributed by atoms with Crippen molar-refractivity contribution in [3.8, 4) is 0 Å². The summed E-state index contributed by atoms with van der Waals surface area (Å²) in [5, 5.41) is 0. The van der Waals surface area contributed by atoms with Gasteiger partial charge in [0.2, 0.25) is 0 Å². The molecule has 0 saturated carbocycles. The van der Waals surface area contributed by atoms with Crippen molar-refractivity contribution in [2.75, 3.05) is 13.2 Å². The van der Waals surface area contributed by atoms with Crippen LogP contribution in [0.1, 0.15) is 239 Å². The van der Waals surface area contributed by atoms with Crippen LogP contribution in [0.5, 0.6) is 0 Å². The van der Waals surface area contributed by atoms with Crippen molar-refractivity contribution in [2.45, 2.75) is 245 Å². The van der Waals surface area contributed by atoms with Crippen LogP contribution < -0.4 is 0 Å². The monoisotopic (exact) mass is 929 g/mol. The molecule has 0 aliphatic carbocycles. The zero-order chi connectivity index (χ0) is 48.6. The number of unbranched alkanes of at least 4 members (excludes halogenated alkanes) is 19. The molecule has 0 fully saturated rings. The predicted octanol–water partition coefficient (Wildman–Crippen LogP) is 18.3. The Labute approximate surface area is 412 Å². The van der Waals surface area contributed by atoms with Crippen molar-refractivity contribution >= 4 is 17.9 Å². The minimum absolute atomic E-state index is 0.111. The quantitative estimate of drug-likeness (QED) is 0.0262. The predicted molar refractivity (Wildman–Crippen MR) is 288 cm³/mol. The lowest BCUT2D eigenvalue weighted by molar-refractivity contribution is -0.166. The van der Waals surface area contributed by atoms with Crippen molar-refractivity contribution in [3.05, 3.63) is 109 Å². The van der Waals surface area contributed by atoms with E-state index in [0.717, 1.165) is 103 Å². The molecule has 6 nitrogen and oxygen atoms in total. The zero-order valence-corrected chi connectivity index (χ0v) is 43.4. The Bertz CT molecular complexity index is 1390. The largest absolute Gasteiger partial charge is 0.462 e. The van der Waals surface area contributed by atoms with E-state index in [4.69, 9.17) is 14.2 Å². The van der Waals surface area contributed by atoms with Crippen molar-refractivity contribution < 1.29 is 28.6 Å². The highest BCUT2D eigenvalue weighted by molar-refractivity contribution is 5.71. The summed E-state index contributed by atoms with van der Waals surface area (Å²) in [6.45, 7) is 6.40. The van der Waals surface area contributed by atoms with Crippen molar-refractivity contribution in [1.82, 2.24) is 0 Å². The van der Waals surface area contributed by atoms with E-state index in [-0.39, 0.29) is 37.5 Å². The fraction of sp³-hybridized carbons (Fsp3) is 0.656. The van der Waals surface area contributed by atoms with Crippen LogP contribution in [-0.2, 0) is 28.6 Å². The molecule has 0 aromatic heterocycles. The lowest BCUT2D eigenvalue weighted by Crippen LogP contribution is -2.30. The molecule has 380 valence electrons. The van der Waals surface area contributed by atoms with Crippen LogP contribution in [0.4, 0.5) is 0 Å². The Hall–Kier alpha value is -3.93.